The summed E-state index contributed by atoms with van der Waals surface area (Å²) in [6.07, 6.45) is 2.51. The lowest BCUT2D eigenvalue weighted by atomic mass is 9.91. The van der Waals surface area contributed by atoms with E-state index in [-0.39, 0.29) is 0 Å². The summed E-state index contributed by atoms with van der Waals surface area (Å²) in [5.41, 5.74) is 1.01. The van der Waals surface area contributed by atoms with Crippen molar-refractivity contribution in [1.82, 2.24) is 15.5 Å². The number of aromatic nitrogens is 2. The number of fused-ring (bicyclic) bond motifs is 1. The molecule has 112 valence electrons. The Morgan fingerprint density at radius 3 is 2.76 bits per heavy atom. The van der Waals surface area contributed by atoms with Crippen molar-refractivity contribution in [2.45, 2.75) is 32.7 Å². The van der Waals surface area contributed by atoms with Gasteiger partial charge in [0, 0.05) is 29.9 Å². The zero-order chi connectivity index (χ0) is 14.8. The predicted octanol–water partition coefficient (Wildman–Crippen LogP) is 2.76. The second-order valence-electron chi connectivity index (χ2n) is 6.08. The smallest absolute Gasteiger partial charge is 0.159 e. The third kappa shape index (κ3) is 2.72. The Kier molecular flexibility index (Phi) is 4.06. The van der Waals surface area contributed by atoms with Crippen LogP contribution in [0.4, 0.5) is 5.82 Å². The maximum Gasteiger partial charge on any atom is 0.159 e. The molecule has 2 heterocycles. The first kappa shape index (κ1) is 14.3. The highest BCUT2D eigenvalue weighted by Crippen LogP contribution is 2.29. The number of aryl methyl sites for hydroxylation is 1. The summed E-state index contributed by atoms with van der Waals surface area (Å²) >= 11 is 0. The van der Waals surface area contributed by atoms with Gasteiger partial charge in [-0.3, -0.25) is 0 Å². The molecule has 1 aromatic heterocycles. The van der Waals surface area contributed by atoms with Gasteiger partial charge in [-0.25, -0.2) is 0 Å². The van der Waals surface area contributed by atoms with E-state index in [0.717, 1.165) is 24.6 Å². The summed E-state index contributed by atoms with van der Waals surface area (Å²) in [7, 11) is 2.05. The Bertz CT molecular complexity index is 625. The van der Waals surface area contributed by atoms with Crippen molar-refractivity contribution in [3.63, 3.8) is 0 Å². The van der Waals surface area contributed by atoms with Crippen LogP contribution in [0, 0.1) is 12.8 Å². The number of anilines is 1. The Morgan fingerprint density at radius 2 is 2.00 bits per heavy atom. The highest BCUT2D eigenvalue weighted by molar-refractivity contribution is 5.93. The monoisotopic (exact) mass is 284 g/mol. The van der Waals surface area contributed by atoms with Gasteiger partial charge >= 0.3 is 0 Å². The molecule has 1 aliphatic rings. The van der Waals surface area contributed by atoms with Crippen molar-refractivity contribution < 1.29 is 0 Å². The van der Waals surface area contributed by atoms with E-state index in [2.05, 4.69) is 51.6 Å². The highest BCUT2D eigenvalue weighted by atomic mass is 15.3. The van der Waals surface area contributed by atoms with E-state index in [1.54, 1.807) is 0 Å². The normalized spacial score (nSPS) is 20.7. The molecule has 1 aliphatic heterocycles. The molecule has 4 heteroatoms. The molecule has 0 aliphatic carbocycles. The average Bonchev–Trinajstić information content (AvgIpc) is 2.55. The van der Waals surface area contributed by atoms with Crippen LogP contribution < -0.4 is 10.2 Å². The topological polar surface area (TPSA) is 41.0 Å². The Labute approximate surface area is 126 Å². The minimum absolute atomic E-state index is 0.539. The van der Waals surface area contributed by atoms with E-state index < -0.39 is 0 Å². The fraction of sp³-hybridized carbons (Fsp3) is 0.529. The van der Waals surface area contributed by atoms with Crippen LogP contribution in [0.1, 0.15) is 25.5 Å². The molecule has 0 radical (unpaired) electrons. The summed E-state index contributed by atoms with van der Waals surface area (Å²) in [5, 5.41) is 14.7. The van der Waals surface area contributed by atoms with Crippen molar-refractivity contribution in [1.29, 1.82) is 0 Å². The van der Waals surface area contributed by atoms with Crippen molar-refractivity contribution >= 4 is 16.6 Å². The van der Waals surface area contributed by atoms with Crippen LogP contribution in [0.15, 0.2) is 24.3 Å². The van der Waals surface area contributed by atoms with Crippen LogP contribution in [0.5, 0.6) is 0 Å². The average molecular weight is 284 g/mol. The number of hydrogen-bond donors (Lipinski definition) is 1. The number of benzene rings is 1. The molecular weight excluding hydrogens is 260 g/mol. The fourth-order valence-electron chi connectivity index (χ4n) is 3.30. The summed E-state index contributed by atoms with van der Waals surface area (Å²) in [6, 6.07) is 9.00. The molecule has 2 atom stereocenters. The van der Waals surface area contributed by atoms with Gasteiger partial charge in [-0.1, -0.05) is 24.3 Å². The second kappa shape index (κ2) is 5.98. The number of nitrogens with one attached hydrogen (secondary N) is 1. The number of hydrogen-bond acceptors (Lipinski definition) is 4. The van der Waals surface area contributed by atoms with Crippen LogP contribution in [0.25, 0.3) is 10.8 Å². The third-order valence-corrected chi connectivity index (χ3v) is 4.77. The van der Waals surface area contributed by atoms with Crippen molar-refractivity contribution in [3.8, 4) is 0 Å². The van der Waals surface area contributed by atoms with E-state index in [9.17, 15) is 0 Å². The molecule has 2 aromatic rings. The second-order valence-corrected chi connectivity index (χ2v) is 6.08. The van der Waals surface area contributed by atoms with Gasteiger partial charge in [-0.05, 0) is 39.7 Å². The molecule has 0 spiro atoms. The minimum atomic E-state index is 0.539. The van der Waals surface area contributed by atoms with Crippen LogP contribution in [0.2, 0.25) is 0 Å². The molecule has 4 nitrogen and oxygen atoms in total. The Hall–Kier alpha value is -1.68. The standard InChI is InChI=1S/C17H24N4/c1-12(18-3)14-7-6-10-21(11-14)17-16-9-5-4-8-15(16)13(2)19-20-17/h4-5,8-9,12,14,18H,6-7,10-11H2,1-3H3. The van der Waals surface area contributed by atoms with Gasteiger partial charge < -0.3 is 10.2 Å². The molecule has 1 aromatic carbocycles. The molecule has 0 amide bonds. The summed E-state index contributed by atoms with van der Waals surface area (Å²) in [4.78, 5) is 2.41. The summed E-state index contributed by atoms with van der Waals surface area (Å²) in [5.74, 6) is 1.72. The van der Waals surface area contributed by atoms with Crippen LogP contribution >= 0.6 is 0 Å². The maximum absolute atomic E-state index is 4.51. The lowest BCUT2D eigenvalue weighted by molar-refractivity contribution is 0.332. The highest BCUT2D eigenvalue weighted by Gasteiger charge is 2.25. The molecule has 0 bridgehead atoms. The third-order valence-electron chi connectivity index (χ3n) is 4.77. The molecule has 1 N–H and O–H groups in total. The van der Waals surface area contributed by atoms with Crippen molar-refractivity contribution in [3.05, 3.63) is 30.0 Å². The minimum Gasteiger partial charge on any atom is -0.354 e. The number of rotatable bonds is 3. The lowest BCUT2D eigenvalue weighted by Gasteiger charge is -2.36. The van der Waals surface area contributed by atoms with Gasteiger partial charge in [0.1, 0.15) is 0 Å². The van der Waals surface area contributed by atoms with E-state index in [4.69, 9.17) is 0 Å². The molecule has 2 unspecified atom stereocenters. The molecule has 0 saturated carbocycles. The molecule has 21 heavy (non-hydrogen) atoms. The Balaban J connectivity index is 1.95. The fourth-order valence-corrected chi connectivity index (χ4v) is 3.30. The SMILES string of the molecule is CNC(C)C1CCCN(c2nnc(C)c3ccccc23)C1. The van der Waals surface area contributed by atoms with Crippen LogP contribution in [-0.2, 0) is 0 Å². The first-order chi connectivity index (χ1) is 10.2. The maximum atomic E-state index is 4.51. The number of nitrogens with zero attached hydrogens (tertiary/aromatic N) is 3. The summed E-state index contributed by atoms with van der Waals surface area (Å²) < 4.78 is 0. The number of piperidine rings is 1. The molecule has 1 fully saturated rings. The zero-order valence-electron chi connectivity index (χ0n) is 13.1. The van der Waals surface area contributed by atoms with Crippen molar-refractivity contribution in [2.75, 3.05) is 25.0 Å². The quantitative estimate of drug-likeness (QED) is 0.941. The molecular formula is C17H24N4. The zero-order valence-corrected chi connectivity index (χ0v) is 13.1. The van der Waals surface area contributed by atoms with E-state index in [0.29, 0.717) is 12.0 Å². The van der Waals surface area contributed by atoms with E-state index in [1.165, 1.54) is 23.6 Å². The van der Waals surface area contributed by atoms with Crippen LogP contribution in [-0.4, -0.2) is 36.4 Å². The van der Waals surface area contributed by atoms with Crippen molar-refractivity contribution in [2.24, 2.45) is 5.92 Å². The Morgan fingerprint density at radius 1 is 1.24 bits per heavy atom. The van der Waals surface area contributed by atoms with Gasteiger partial charge in [0.25, 0.3) is 0 Å². The van der Waals surface area contributed by atoms with Gasteiger partial charge in [0.15, 0.2) is 5.82 Å². The van der Waals surface area contributed by atoms with Gasteiger partial charge in [0.05, 0.1) is 5.69 Å². The largest absolute Gasteiger partial charge is 0.354 e. The van der Waals surface area contributed by atoms with E-state index >= 15 is 0 Å². The van der Waals surface area contributed by atoms with Gasteiger partial charge in [0.2, 0.25) is 0 Å². The first-order valence-electron chi connectivity index (χ1n) is 7.85. The summed E-state index contributed by atoms with van der Waals surface area (Å²) in [6.45, 7) is 6.44. The molecule has 1 saturated heterocycles. The lowest BCUT2D eigenvalue weighted by Crippen LogP contribution is -2.44. The van der Waals surface area contributed by atoms with Crippen LogP contribution in [0.3, 0.4) is 0 Å². The predicted molar refractivity (Wildman–Crippen MR) is 87.7 cm³/mol. The molecule has 3 rings (SSSR count). The first-order valence-corrected chi connectivity index (χ1v) is 7.85. The van der Waals surface area contributed by atoms with Gasteiger partial charge in [-0.15, -0.1) is 5.10 Å². The van der Waals surface area contributed by atoms with E-state index in [1.807, 2.05) is 14.0 Å². The van der Waals surface area contributed by atoms with Gasteiger partial charge in [-0.2, -0.15) is 5.10 Å².